The maximum Gasteiger partial charge on any atom is 0.326 e. The maximum atomic E-state index is 12.4. The number of fused-ring (bicyclic) bond motifs is 1. The maximum absolute atomic E-state index is 12.4. The Morgan fingerprint density at radius 2 is 2.00 bits per heavy atom. The van der Waals surface area contributed by atoms with Crippen LogP contribution in [0.5, 0.6) is 0 Å². The van der Waals surface area contributed by atoms with Gasteiger partial charge in [-0.05, 0) is 29.2 Å². The summed E-state index contributed by atoms with van der Waals surface area (Å²) in [7, 11) is 0. The number of hydrogen-bond donors (Lipinski definition) is 1. The van der Waals surface area contributed by atoms with Gasteiger partial charge in [0.15, 0.2) is 0 Å². The first-order valence-electron chi connectivity index (χ1n) is 7.25. The number of carbonyl (C=O) groups is 2. The highest BCUT2D eigenvalue weighted by Crippen LogP contribution is 2.24. The SMILES string of the molecule is O=C(O)[C@H]1Cc2ccccc2CN1C(=O)CCc1ccoc1. The van der Waals surface area contributed by atoms with Crippen LogP contribution in [0.4, 0.5) is 0 Å². The van der Waals surface area contributed by atoms with E-state index in [9.17, 15) is 14.7 Å². The number of aryl methyl sites for hydroxylation is 1. The van der Waals surface area contributed by atoms with Crippen molar-refractivity contribution in [1.29, 1.82) is 0 Å². The average Bonchev–Trinajstić information content (AvgIpc) is 3.04. The standard InChI is InChI=1S/C17H17NO4/c19-16(6-5-12-7-8-22-11-12)18-10-14-4-2-1-3-13(14)9-15(18)17(20)21/h1-4,7-8,11,15H,5-6,9-10H2,(H,20,21)/t15-/m1/s1. The first-order valence-corrected chi connectivity index (χ1v) is 7.25. The Morgan fingerprint density at radius 3 is 2.68 bits per heavy atom. The third-order valence-corrected chi connectivity index (χ3v) is 4.06. The van der Waals surface area contributed by atoms with E-state index in [1.807, 2.05) is 30.3 Å². The van der Waals surface area contributed by atoms with E-state index < -0.39 is 12.0 Å². The molecule has 1 aliphatic heterocycles. The largest absolute Gasteiger partial charge is 0.480 e. The second kappa shape index (κ2) is 6.05. The summed E-state index contributed by atoms with van der Waals surface area (Å²) in [4.78, 5) is 25.4. The molecule has 0 aliphatic carbocycles. The molecule has 3 rings (SSSR count). The van der Waals surface area contributed by atoms with Gasteiger partial charge in [0.25, 0.3) is 0 Å². The van der Waals surface area contributed by atoms with Crippen LogP contribution in [0.15, 0.2) is 47.3 Å². The Kier molecular flexibility index (Phi) is 3.96. The van der Waals surface area contributed by atoms with Gasteiger partial charge in [-0.2, -0.15) is 0 Å². The predicted molar refractivity (Wildman–Crippen MR) is 79.1 cm³/mol. The Labute approximate surface area is 128 Å². The number of amides is 1. The highest BCUT2D eigenvalue weighted by molar-refractivity contribution is 5.84. The summed E-state index contributed by atoms with van der Waals surface area (Å²) in [6.07, 6.45) is 4.37. The molecule has 0 bridgehead atoms. The zero-order valence-electron chi connectivity index (χ0n) is 12.1. The van der Waals surface area contributed by atoms with Crippen LogP contribution in [0.2, 0.25) is 0 Å². The fourth-order valence-corrected chi connectivity index (χ4v) is 2.84. The molecule has 1 atom stereocenters. The number of carboxylic acid groups (broad SMARTS) is 1. The summed E-state index contributed by atoms with van der Waals surface area (Å²) >= 11 is 0. The number of rotatable bonds is 4. The van der Waals surface area contributed by atoms with Crippen LogP contribution in [0.25, 0.3) is 0 Å². The lowest BCUT2D eigenvalue weighted by molar-refractivity contribution is -0.151. The van der Waals surface area contributed by atoms with Gasteiger partial charge in [0.2, 0.25) is 5.91 Å². The number of carbonyl (C=O) groups excluding carboxylic acids is 1. The number of furan rings is 1. The normalized spacial score (nSPS) is 17.1. The number of carboxylic acids is 1. The summed E-state index contributed by atoms with van der Waals surface area (Å²) in [5.74, 6) is -1.09. The summed E-state index contributed by atoms with van der Waals surface area (Å²) in [5, 5.41) is 9.43. The third kappa shape index (κ3) is 2.88. The monoisotopic (exact) mass is 299 g/mol. The van der Waals surface area contributed by atoms with E-state index >= 15 is 0 Å². The van der Waals surface area contributed by atoms with Crippen molar-refractivity contribution in [3.63, 3.8) is 0 Å². The van der Waals surface area contributed by atoms with Gasteiger partial charge in [-0.1, -0.05) is 24.3 Å². The lowest BCUT2D eigenvalue weighted by Crippen LogP contribution is -2.48. The first-order chi connectivity index (χ1) is 10.6. The first kappa shape index (κ1) is 14.4. The van der Waals surface area contributed by atoms with Crippen molar-refractivity contribution in [2.75, 3.05) is 0 Å². The van der Waals surface area contributed by atoms with E-state index in [0.717, 1.165) is 16.7 Å². The van der Waals surface area contributed by atoms with Crippen molar-refractivity contribution in [3.8, 4) is 0 Å². The Hall–Kier alpha value is -2.56. The smallest absolute Gasteiger partial charge is 0.326 e. The molecule has 0 fully saturated rings. The summed E-state index contributed by atoms with van der Waals surface area (Å²) < 4.78 is 4.98. The van der Waals surface area contributed by atoms with Crippen molar-refractivity contribution < 1.29 is 19.1 Å². The highest BCUT2D eigenvalue weighted by Gasteiger charge is 2.34. The lowest BCUT2D eigenvalue weighted by atomic mass is 9.93. The molecule has 5 heteroatoms. The second-order valence-electron chi connectivity index (χ2n) is 5.48. The Morgan fingerprint density at radius 1 is 1.23 bits per heavy atom. The number of aliphatic carboxylic acids is 1. The lowest BCUT2D eigenvalue weighted by Gasteiger charge is -2.34. The fraction of sp³-hybridized carbons (Fsp3) is 0.294. The highest BCUT2D eigenvalue weighted by atomic mass is 16.4. The van der Waals surface area contributed by atoms with Crippen molar-refractivity contribution in [2.24, 2.45) is 0 Å². The van der Waals surface area contributed by atoms with Crippen molar-refractivity contribution in [2.45, 2.75) is 31.8 Å². The van der Waals surface area contributed by atoms with Crippen LogP contribution in [0, 0.1) is 0 Å². The molecule has 0 saturated heterocycles. The van der Waals surface area contributed by atoms with Gasteiger partial charge in [0.05, 0.1) is 12.5 Å². The zero-order chi connectivity index (χ0) is 15.5. The van der Waals surface area contributed by atoms with Gasteiger partial charge in [-0.3, -0.25) is 4.79 Å². The van der Waals surface area contributed by atoms with E-state index in [4.69, 9.17) is 4.42 Å². The van der Waals surface area contributed by atoms with Crippen LogP contribution in [-0.2, 0) is 29.0 Å². The van der Waals surface area contributed by atoms with Crippen LogP contribution < -0.4 is 0 Å². The molecular formula is C17H17NO4. The molecule has 5 nitrogen and oxygen atoms in total. The number of nitrogens with zero attached hydrogens (tertiary/aromatic N) is 1. The third-order valence-electron chi connectivity index (χ3n) is 4.06. The van der Waals surface area contributed by atoms with E-state index in [0.29, 0.717) is 19.4 Å². The van der Waals surface area contributed by atoms with Gasteiger partial charge < -0.3 is 14.4 Å². The molecule has 114 valence electrons. The molecule has 0 saturated carbocycles. The van der Waals surface area contributed by atoms with E-state index in [1.165, 1.54) is 4.90 Å². The van der Waals surface area contributed by atoms with Crippen molar-refractivity contribution >= 4 is 11.9 Å². The van der Waals surface area contributed by atoms with Crippen LogP contribution >= 0.6 is 0 Å². The molecule has 22 heavy (non-hydrogen) atoms. The molecule has 1 aliphatic rings. The van der Waals surface area contributed by atoms with E-state index in [1.54, 1.807) is 12.5 Å². The summed E-state index contributed by atoms with van der Waals surface area (Å²) in [6.45, 7) is 0.358. The van der Waals surface area contributed by atoms with E-state index in [-0.39, 0.29) is 12.3 Å². The number of hydrogen-bond acceptors (Lipinski definition) is 3. The molecule has 2 aromatic rings. The molecule has 0 unspecified atom stereocenters. The van der Waals surface area contributed by atoms with E-state index in [2.05, 4.69) is 0 Å². The van der Waals surface area contributed by atoms with Gasteiger partial charge in [-0.15, -0.1) is 0 Å². The molecule has 1 aromatic carbocycles. The minimum Gasteiger partial charge on any atom is -0.480 e. The molecule has 0 radical (unpaired) electrons. The van der Waals surface area contributed by atoms with Gasteiger partial charge in [0.1, 0.15) is 6.04 Å². The molecule has 1 aromatic heterocycles. The van der Waals surface area contributed by atoms with Crippen molar-refractivity contribution in [1.82, 2.24) is 4.90 Å². The Bertz CT molecular complexity index is 678. The van der Waals surface area contributed by atoms with Crippen LogP contribution in [0.3, 0.4) is 0 Å². The topological polar surface area (TPSA) is 70.8 Å². The number of benzene rings is 1. The molecule has 0 spiro atoms. The molecular weight excluding hydrogens is 282 g/mol. The summed E-state index contributed by atoms with van der Waals surface area (Å²) in [5.41, 5.74) is 2.98. The van der Waals surface area contributed by atoms with Gasteiger partial charge in [0, 0.05) is 19.4 Å². The van der Waals surface area contributed by atoms with Crippen molar-refractivity contribution in [3.05, 3.63) is 59.5 Å². The summed E-state index contributed by atoms with van der Waals surface area (Å²) in [6, 6.07) is 8.71. The zero-order valence-corrected chi connectivity index (χ0v) is 12.1. The molecule has 1 amide bonds. The Balaban J connectivity index is 1.75. The average molecular weight is 299 g/mol. The van der Waals surface area contributed by atoms with Crippen LogP contribution in [-0.4, -0.2) is 27.9 Å². The predicted octanol–water partition coefficient (Wildman–Crippen LogP) is 2.25. The minimum absolute atomic E-state index is 0.136. The van der Waals surface area contributed by atoms with Gasteiger partial charge in [-0.25, -0.2) is 4.79 Å². The molecule has 2 heterocycles. The van der Waals surface area contributed by atoms with Crippen LogP contribution in [0.1, 0.15) is 23.1 Å². The van der Waals surface area contributed by atoms with Gasteiger partial charge >= 0.3 is 5.97 Å². The second-order valence-corrected chi connectivity index (χ2v) is 5.48. The minimum atomic E-state index is -0.953. The molecule has 1 N–H and O–H groups in total. The fourth-order valence-electron chi connectivity index (χ4n) is 2.84. The quantitative estimate of drug-likeness (QED) is 0.940.